The van der Waals surface area contributed by atoms with Crippen molar-refractivity contribution in [2.45, 2.75) is 51.0 Å². The van der Waals surface area contributed by atoms with E-state index in [1.807, 2.05) is 31.2 Å². The minimum absolute atomic E-state index is 0.0143. The fraction of sp³-hybridized carbons (Fsp3) is 0.444. The quantitative estimate of drug-likeness (QED) is 0.565. The summed E-state index contributed by atoms with van der Waals surface area (Å²) in [7, 11) is 0. The molecule has 0 spiro atoms. The van der Waals surface area contributed by atoms with Crippen molar-refractivity contribution in [2.75, 3.05) is 19.7 Å². The van der Waals surface area contributed by atoms with Gasteiger partial charge in [-0.25, -0.2) is 4.79 Å². The first-order valence-corrected chi connectivity index (χ1v) is 12.1. The number of nitrogens with one attached hydrogen (secondary N) is 1. The number of unbranched alkanes of at least 4 members (excludes halogenated alkanes) is 1. The van der Waals surface area contributed by atoms with Crippen LogP contribution in [0.5, 0.6) is 0 Å². The zero-order valence-corrected chi connectivity index (χ0v) is 19.5. The van der Waals surface area contributed by atoms with E-state index in [0.29, 0.717) is 38.8 Å². The summed E-state index contributed by atoms with van der Waals surface area (Å²) in [5.41, 5.74) is 4.73. The topological polar surface area (TPSA) is 95.9 Å². The molecular weight excluding hydrogens is 432 g/mol. The molecule has 4 rings (SSSR count). The number of amides is 2. The molecule has 7 heteroatoms. The number of carbonyl (C=O) groups excluding carboxylic acids is 2. The fourth-order valence-corrected chi connectivity index (χ4v) is 5.21. The maximum Gasteiger partial charge on any atom is 0.407 e. The van der Waals surface area contributed by atoms with Crippen molar-refractivity contribution in [3.8, 4) is 11.1 Å². The van der Waals surface area contributed by atoms with Crippen molar-refractivity contribution in [1.29, 1.82) is 0 Å². The zero-order chi connectivity index (χ0) is 24.1. The standard InChI is InChI=1S/C27H32N2O5/c1-18-19(26(31)32)13-8-16-29(18)25(30)14-6-7-15-28-27(33)34-17-24-22-11-4-2-9-20(22)21-10-3-5-12-23(21)24/h2-5,9-12,18-19,24H,6-8,13-17H2,1H3,(H,28,33)(H,31,32)/t18-,19-/m0/s1. The Labute approximate surface area is 200 Å². The molecule has 1 heterocycles. The highest BCUT2D eigenvalue weighted by Gasteiger charge is 2.35. The van der Waals surface area contributed by atoms with Gasteiger partial charge in [-0.15, -0.1) is 0 Å². The maximum absolute atomic E-state index is 12.5. The molecule has 0 unspecified atom stereocenters. The first-order chi connectivity index (χ1) is 16.5. The number of hydrogen-bond donors (Lipinski definition) is 2. The van der Waals surface area contributed by atoms with Crippen LogP contribution in [0.1, 0.15) is 56.1 Å². The lowest BCUT2D eigenvalue weighted by Gasteiger charge is -2.37. The Morgan fingerprint density at radius 3 is 2.32 bits per heavy atom. The SMILES string of the molecule is C[C@H]1[C@@H](C(=O)O)CCCN1C(=O)CCCCNC(=O)OCC1c2ccccc2-c2ccccc21. The van der Waals surface area contributed by atoms with E-state index in [0.717, 1.165) is 6.42 Å². The van der Waals surface area contributed by atoms with Gasteiger partial charge in [-0.2, -0.15) is 0 Å². The number of nitrogens with zero attached hydrogens (tertiary/aromatic N) is 1. The summed E-state index contributed by atoms with van der Waals surface area (Å²) in [5.74, 6) is -1.32. The lowest BCUT2D eigenvalue weighted by molar-refractivity contribution is -0.149. The molecule has 0 radical (unpaired) electrons. The first-order valence-electron chi connectivity index (χ1n) is 12.1. The van der Waals surface area contributed by atoms with E-state index in [1.54, 1.807) is 4.90 Å². The number of hydrogen-bond acceptors (Lipinski definition) is 4. The number of ether oxygens (including phenoxy) is 1. The van der Waals surface area contributed by atoms with Crippen molar-refractivity contribution in [2.24, 2.45) is 5.92 Å². The van der Waals surface area contributed by atoms with E-state index >= 15 is 0 Å². The van der Waals surface area contributed by atoms with Gasteiger partial charge in [-0.05, 0) is 54.9 Å². The zero-order valence-electron chi connectivity index (χ0n) is 19.5. The molecule has 2 atom stereocenters. The lowest BCUT2D eigenvalue weighted by Crippen LogP contribution is -2.49. The Morgan fingerprint density at radius 2 is 1.68 bits per heavy atom. The molecule has 34 heavy (non-hydrogen) atoms. The normalized spacial score (nSPS) is 19.3. The van der Waals surface area contributed by atoms with Crippen LogP contribution in [0.4, 0.5) is 4.79 Å². The number of piperidine rings is 1. The maximum atomic E-state index is 12.5. The van der Waals surface area contributed by atoms with Crippen molar-refractivity contribution in [3.05, 3.63) is 59.7 Å². The summed E-state index contributed by atoms with van der Waals surface area (Å²) in [6.07, 6.45) is 2.51. The van der Waals surface area contributed by atoms with Crippen LogP contribution in [-0.2, 0) is 14.3 Å². The van der Waals surface area contributed by atoms with Crippen LogP contribution in [0.3, 0.4) is 0 Å². The van der Waals surface area contributed by atoms with Crippen molar-refractivity contribution in [3.63, 3.8) is 0 Å². The summed E-state index contributed by atoms with van der Waals surface area (Å²) in [6.45, 7) is 3.13. The number of alkyl carbamates (subject to hydrolysis) is 1. The van der Waals surface area contributed by atoms with Gasteiger partial charge in [0.05, 0.1) is 5.92 Å². The molecule has 1 saturated heterocycles. The second-order valence-electron chi connectivity index (χ2n) is 9.12. The van der Waals surface area contributed by atoms with E-state index in [9.17, 15) is 19.5 Å². The number of benzene rings is 2. The summed E-state index contributed by atoms with van der Waals surface area (Å²) in [6, 6.07) is 16.1. The van der Waals surface area contributed by atoms with Gasteiger partial charge in [0, 0.05) is 31.5 Å². The van der Waals surface area contributed by atoms with Crippen LogP contribution in [0, 0.1) is 5.92 Å². The van der Waals surface area contributed by atoms with Gasteiger partial charge < -0.3 is 20.1 Å². The molecule has 1 aliphatic carbocycles. The smallest absolute Gasteiger partial charge is 0.407 e. The Hall–Kier alpha value is -3.35. The van der Waals surface area contributed by atoms with Crippen LogP contribution < -0.4 is 5.32 Å². The molecule has 0 saturated carbocycles. The highest BCUT2D eigenvalue weighted by atomic mass is 16.5. The Kier molecular flexibility index (Phi) is 7.50. The number of aliphatic carboxylic acids is 1. The van der Waals surface area contributed by atoms with Crippen LogP contribution in [0.25, 0.3) is 11.1 Å². The predicted molar refractivity (Wildman–Crippen MR) is 128 cm³/mol. The van der Waals surface area contributed by atoms with Crippen LogP contribution in [0.2, 0.25) is 0 Å². The monoisotopic (exact) mass is 464 g/mol. The van der Waals surface area contributed by atoms with Crippen LogP contribution in [0.15, 0.2) is 48.5 Å². The van der Waals surface area contributed by atoms with Crippen LogP contribution in [-0.4, -0.2) is 53.7 Å². The highest BCUT2D eigenvalue weighted by molar-refractivity contribution is 5.79. The van der Waals surface area contributed by atoms with Gasteiger partial charge in [0.25, 0.3) is 0 Å². The Balaban J connectivity index is 1.18. The van der Waals surface area contributed by atoms with Gasteiger partial charge in [0.1, 0.15) is 6.61 Å². The first kappa shape index (κ1) is 23.8. The average molecular weight is 465 g/mol. The van der Waals surface area contributed by atoms with Crippen LogP contribution >= 0.6 is 0 Å². The second-order valence-corrected chi connectivity index (χ2v) is 9.12. The lowest BCUT2D eigenvalue weighted by atomic mass is 9.90. The number of rotatable bonds is 8. The molecule has 0 bridgehead atoms. The summed E-state index contributed by atoms with van der Waals surface area (Å²) in [4.78, 5) is 37.9. The average Bonchev–Trinajstić information content (AvgIpc) is 3.16. The van der Waals surface area contributed by atoms with E-state index in [-0.39, 0.29) is 24.5 Å². The van der Waals surface area contributed by atoms with E-state index < -0.39 is 18.0 Å². The van der Waals surface area contributed by atoms with Gasteiger partial charge in [0.15, 0.2) is 0 Å². The third-order valence-electron chi connectivity index (χ3n) is 7.06. The fourth-order valence-electron chi connectivity index (χ4n) is 5.21. The van der Waals surface area contributed by atoms with E-state index in [4.69, 9.17) is 4.74 Å². The van der Waals surface area contributed by atoms with Crippen molar-refractivity contribution < 1.29 is 24.2 Å². The van der Waals surface area contributed by atoms with Gasteiger partial charge >= 0.3 is 12.1 Å². The molecule has 2 aliphatic rings. The molecule has 2 N–H and O–H groups in total. The highest BCUT2D eigenvalue weighted by Crippen LogP contribution is 2.44. The van der Waals surface area contributed by atoms with Crippen molar-refractivity contribution in [1.82, 2.24) is 10.2 Å². The molecular formula is C27H32N2O5. The number of carbonyl (C=O) groups is 3. The molecule has 0 aromatic heterocycles. The summed E-state index contributed by atoms with van der Waals surface area (Å²) >= 11 is 0. The van der Waals surface area contributed by atoms with Gasteiger partial charge in [-0.1, -0.05) is 48.5 Å². The van der Waals surface area contributed by atoms with E-state index in [2.05, 4.69) is 29.6 Å². The predicted octanol–water partition coefficient (Wildman–Crippen LogP) is 4.41. The summed E-state index contributed by atoms with van der Waals surface area (Å²) < 4.78 is 5.53. The van der Waals surface area contributed by atoms with Crippen molar-refractivity contribution >= 4 is 18.0 Å². The molecule has 1 fully saturated rings. The minimum Gasteiger partial charge on any atom is -0.481 e. The second kappa shape index (κ2) is 10.7. The molecule has 1 aliphatic heterocycles. The number of carboxylic acid groups (broad SMARTS) is 1. The largest absolute Gasteiger partial charge is 0.481 e. The molecule has 2 amide bonds. The van der Waals surface area contributed by atoms with Gasteiger partial charge in [0.2, 0.25) is 5.91 Å². The molecule has 7 nitrogen and oxygen atoms in total. The molecule has 180 valence electrons. The molecule has 2 aromatic rings. The third-order valence-corrected chi connectivity index (χ3v) is 7.06. The Bertz CT molecular complexity index is 1010. The number of fused-ring (bicyclic) bond motifs is 3. The van der Waals surface area contributed by atoms with Gasteiger partial charge in [-0.3, -0.25) is 9.59 Å². The number of carboxylic acids is 1. The third kappa shape index (κ3) is 5.08. The summed E-state index contributed by atoms with van der Waals surface area (Å²) in [5, 5.41) is 12.1. The number of likely N-dealkylation sites (tertiary alicyclic amines) is 1. The van der Waals surface area contributed by atoms with E-state index in [1.165, 1.54) is 22.3 Å². The Morgan fingerprint density at radius 1 is 1.03 bits per heavy atom. The minimum atomic E-state index is -0.836. The molecule has 2 aromatic carbocycles.